The van der Waals surface area contributed by atoms with E-state index in [-0.39, 0.29) is 18.0 Å². The van der Waals surface area contributed by atoms with Gasteiger partial charge in [-0.1, -0.05) is 23.2 Å². The zero-order valence-electron chi connectivity index (χ0n) is 12.9. The van der Waals surface area contributed by atoms with Crippen LogP contribution in [-0.4, -0.2) is 15.5 Å². The van der Waals surface area contributed by atoms with Crippen molar-refractivity contribution in [1.29, 1.82) is 0 Å². The molecular weight excluding hydrogens is 369 g/mol. The van der Waals surface area contributed by atoms with Crippen molar-refractivity contribution in [2.24, 2.45) is 0 Å². The van der Waals surface area contributed by atoms with Gasteiger partial charge in [-0.25, -0.2) is 4.98 Å². The quantitative estimate of drug-likeness (QED) is 0.744. The van der Waals surface area contributed by atoms with Crippen LogP contribution in [-0.2, 0) is 11.3 Å². The molecule has 0 aliphatic rings. The number of benzene rings is 1. The number of nitrogens with zero attached hydrogens (tertiary/aromatic N) is 2. The number of carbonyl (C=O) groups is 1. The Morgan fingerprint density at radius 2 is 2.00 bits per heavy atom. The van der Waals surface area contributed by atoms with Gasteiger partial charge >= 0.3 is 0 Å². The fourth-order valence-electron chi connectivity index (χ4n) is 2.34. The summed E-state index contributed by atoms with van der Waals surface area (Å²) >= 11 is 13.2. The number of aromatic nitrogens is 2. The first-order valence-electron chi connectivity index (χ1n) is 7.07. The second-order valence-electron chi connectivity index (χ2n) is 5.30. The van der Waals surface area contributed by atoms with E-state index < -0.39 is 0 Å². The molecule has 0 fully saturated rings. The van der Waals surface area contributed by atoms with Crippen molar-refractivity contribution >= 4 is 56.3 Å². The lowest BCUT2D eigenvalue weighted by Crippen LogP contribution is -2.29. The van der Waals surface area contributed by atoms with Gasteiger partial charge in [-0.2, -0.15) is 0 Å². The van der Waals surface area contributed by atoms with Gasteiger partial charge in [0.25, 0.3) is 5.56 Å². The zero-order valence-corrected chi connectivity index (χ0v) is 15.2. The number of fused-ring (bicyclic) bond motifs is 1. The van der Waals surface area contributed by atoms with Crippen LogP contribution in [0, 0.1) is 13.8 Å². The molecule has 0 saturated heterocycles. The Morgan fingerprint density at radius 1 is 1.25 bits per heavy atom. The molecule has 0 bridgehead atoms. The first kappa shape index (κ1) is 17.0. The number of rotatable bonds is 3. The number of carbonyl (C=O) groups excluding carboxylic acids is 1. The van der Waals surface area contributed by atoms with Gasteiger partial charge in [0.05, 0.1) is 15.4 Å². The van der Waals surface area contributed by atoms with Gasteiger partial charge in [-0.15, -0.1) is 11.3 Å². The van der Waals surface area contributed by atoms with Crippen LogP contribution >= 0.6 is 34.5 Å². The van der Waals surface area contributed by atoms with Gasteiger partial charge in [0.1, 0.15) is 17.2 Å². The summed E-state index contributed by atoms with van der Waals surface area (Å²) in [5, 5.41) is 3.99. The number of aryl methyl sites for hydroxylation is 2. The third-order valence-corrected chi connectivity index (χ3v) is 5.15. The molecule has 0 atom stereocenters. The van der Waals surface area contributed by atoms with E-state index >= 15 is 0 Å². The van der Waals surface area contributed by atoms with E-state index in [1.54, 1.807) is 31.2 Å². The van der Waals surface area contributed by atoms with E-state index in [2.05, 4.69) is 10.3 Å². The molecule has 3 rings (SSSR count). The standard InChI is InChI=1S/C16H13Cl2N3O2S/c1-8-5-11-15(24-8)19-9(2)21(16(11)23)7-14(22)20-10-3-4-12(17)13(18)6-10/h3-6H,7H2,1-2H3,(H,20,22). The molecule has 0 saturated carbocycles. The zero-order chi connectivity index (χ0) is 17.4. The highest BCUT2D eigenvalue weighted by Gasteiger charge is 2.13. The fraction of sp³-hybridized carbons (Fsp3) is 0.188. The summed E-state index contributed by atoms with van der Waals surface area (Å²) in [6, 6.07) is 6.59. The van der Waals surface area contributed by atoms with E-state index in [1.165, 1.54) is 15.9 Å². The number of thiophene rings is 1. The van der Waals surface area contributed by atoms with E-state index in [9.17, 15) is 9.59 Å². The number of nitrogens with one attached hydrogen (secondary N) is 1. The van der Waals surface area contributed by atoms with Crippen LogP contribution in [0.1, 0.15) is 10.7 Å². The van der Waals surface area contributed by atoms with Crippen molar-refractivity contribution in [3.8, 4) is 0 Å². The molecule has 0 spiro atoms. The lowest BCUT2D eigenvalue weighted by molar-refractivity contribution is -0.116. The molecule has 0 aliphatic carbocycles. The van der Waals surface area contributed by atoms with Crippen molar-refractivity contribution in [2.75, 3.05) is 5.32 Å². The third kappa shape index (κ3) is 3.31. The van der Waals surface area contributed by atoms with Crippen molar-refractivity contribution in [3.05, 3.63) is 55.4 Å². The van der Waals surface area contributed by atoms with E-state index in [0.29, 0.717) is 31.8 Å². The minimum Gasteiger partial charge on any atom is -0.324 e. The molecule has 2 heterocycles. The predicted octanol–water partition coefficient (Wildman–Crippen LogP) is 4.02. The van der Waals surface area contributed by atoms with Crippen LogP contribution in [0.4, 0.5) is 5.69 Å². The van der Waals surface area contributed by atoms with E-state index in [1.807, 2.05) is 6.92 Å². The Labute approximate surface area is 151 Å². The van der Waals surface area contributed by atoms with Gasteiger partial charge < -0.3 is 5.32 Å². The molecule has 24 heavy (non-hydrogen) atoms. The fourth-order valence-corrected chi connectivity index (χ4v) is 3.56. The van der Waals surface area contributed by atoms with Crippen LogP contribution in [0.3, 0.4) is 0 Å². The smallest absolute Gasteiger partial charge is 0.262 e. The molecule has 8 heteroatoms. The third-order valence-electron chi connectivity index (χ3n) is 3.47. The van der Waals surface area contributed by atoms with Crippen molar-refractivity contribution in [1.82, 2.24) is 9.55 Å². The molecule has 2 aromatic heterocycles. The molecule has 1 amide bonds. The Hall–Kier alpha value is -1.89. The average molecular weight is 382 g/mol. The summed E-state index contributed by atoms with van der Waals surface area (Å²) < 4.78 is 1.36. The first-order chi connectivity index (χ1) is 11.3. The molecule has 5 nitrogen and oxygen atoms in total. The minimum absolute atomic E-state index is 0.122. The lowest BCUT2D eigenvalue weighted by Gasteiger charge is -2.10. The summed E-state index contributed by atoms with van der Waals surface area (Å²) in [4.78, 5) is 30.9. The average Bonchev–Trinajstić information content (AvgIpc) is 2.88. The maximum absolute atomic E-state index is 12.6. The molecule has 0 aliphatic heterocycles. The summed E-state index contributed by atoms with van der Waals surface area (Å²) in [7, 11) is 0. The molecule has 1 N–H and O–H groups in total. The summed E-state index contributed by atoms with van der Waals surface area (Å²) in [5.74, 6) is 0.158. The highest BCUT2D eigenvalue weighted by molar-refractivity contribution is 7.18. The lowest BCUT2D eigenvalue weighted by atomic mass is 10.3. The number of amides is 1. The second kappa shape index (κ2) is 6.55. The molecular formula is C16H13Cl2N3O2S. The summed E-state index contributed by atoms with van der Waals surface area (Å²) in [5.41, 5.74) is 0.298. The Kier molecular flexibility index (Phi) is 4.62. The topological polar surface area (TPSA) is 64.0 Å². The highest BCUT2D eigenvalue weighted by atomic mass is 35.5. The normalized spacial score (nSPS) is 11.0. The van der Waals surface area contributed by atoms with Crippen molar-refractivity contribution < 1.29 is 4.79 Å². The van der Waals surface area contributed by atoms with Crippen LogP contribution in [0.2, 0.25) is 10.0 Å². The van der Waals surface area contributed by atoms with Crippen LogP contribution in [0.25, 0.3) is 10.2 Å². The molecule has 124 valence electrons. The van der Waals surface area contributed by atoms with Gasteiger partial charge in [0.15, 0.2) is 0 Å². The molecule has 3 aromatic rings. The van der Waals surface area contributed by atoms with Gasteiger partial charge in [-0.3, -0.25) is 14.2 Å². The number of anilines is 1. The van der Waals surface area contributed by atoms with Gasteiger partial charge in [-0.05, 0) is 38.1 Å². The number of halogens is 2. The first-order valence-corrected chi connectivity index (χ1v) is 8.65. The maximum atomic E-state index is 12.6. The van der Waals surface area contributed by atoms with Crippen LogP contribution in [0.5, 0.6) is 0 Å². The second-order valence-corrected chi connectivity index (χ2v) is 7.35. The van der Waals surface area contributed by atoms with Crippen molar-refractivity contribution in [3.63, 3.8) is 0 Å². The summed E-state index contributed by atoms with van der Waals surface area (Å²) in [6.07, 6.45) is 0. The number of hydrogen-bond acceptors (Lipinski definition) is 4. The Balaban J connectivity index is 1.87. The van der Waals surface area contributed by atoms with Gasteiger partial charge in [0, 0.05) is 10.6 Å². The molecule has 0 radical (unpaired) electrons. The Bertz CT molecular complexity index is 1010. The van der Waals surface area contributed by atoms with E-state index in [0.717, 1.165) is 4.88 Å². The minimum atomic E-state index is -0.341. The molecule has 0 unspecified atom stereocenters. The Morgan fingerprint density at radius 3 is 2.71 bits per heavy atom. The number of hydrogen-bond donors (Lipinski definition) is 1. The van der Waals surface area contributed by atoms with Crippen LogP contribution in [0.15, 0.2) is 29.1 Å². The van der Waals surface area contributed by atoms with Crippen molar-refractivity contribution in [2.45, 2.75) is 20.4 Å². The van der Waals surface area contributed by atoms with Gasteiger partial charge in [0.2, 0.25) is 5.91 Å². The predicted molar refractivity (Wildman–Crippen MR) is 98.4 cm³/mol. The summed E-state index contributed by atoms with van der Waals surface area (Å²) in [6.45, 7) is 3.51. The molecule has 1 aromatic carbocycles. The highest BCUT2D eigenvalue weighted by Crippen LogP contribution is 2.25. The maximum Gasteiger partial charge on any atom is 0.262 e. The van der Waals surface area contributed by atoms with E-state index in [4.69, 9.17) is 23.2 Å². The SMILES string of the molecule is Cc1cc2c(=O)n(CC(=O)Nc3ccc(Cl)c(Cl)c3)c(C)nc2s1. The largest absolute Gasteiger partial charge is 0.324 e. The monoisotopic (exact) mass is 381 g/mol. The van der Waals surface area contributed by atoms with Crippen LogP contribution < -0.4 is 10.9 Å².